The Labute approximate surface area is 99.4 Å². The fraction of sp³-hybridized carbons (Fsp3) is 0.545. The van der Waals surface area contributed by atoms with Crippen LogP contribution in [0.5, 0.6) is 0 Å². The van der Waals surface area contributed by atoms with Crippen LogP contribution in [-0.2, 0) is 0 Å². The monoisotopic (exact) mass is 242 g/mol. The summed E-state index contributed by atoms with van der Waals surface area (Å²) in [6.45, 7) is 3.16. The molecule has 0 amide bonds. The molecule has 1 atom stereocenters. The number of piperidine rings is 1. The Morgan fingerprint density at radius 3 is 2.87 bits per heavy atom. The van der Waals surface area contributed by atoms with Crippen molar-refractivity contribution in [1.29, 1.82) is 5.41 Å². The van der Waals surface area contributed by atoms with Crippen molar-refractivity contribution in [2.45, 2.75) is 32.2 Å². The molecule has 1 aliphatic heterocycles. The number of halogens is 1. The molecule has 1 fully saturated rings. The summed E-state index contributed by atoms with van der Waals surface area (Å²) in [5.41, 5.74) is 0. The summed E-state index contributed by atoms with van der Waals surface area (Å²) in [6.07, 6.45) is 3.28. The smallest absolute Gasteiger partial charge is 0.0962 e. The Balaban J connectivity index is 2.12. The van der Waals surface area contributed by atoms with Crippen LogP contribution in [0.4, 0.5) is 0 Å². The summed E-state index contributed by atoms with van der Waals surface area (Å²) in [5.74, 6) is 0.776. The molecule has 2 nitrogen and oxygen atoms in total. The van der Waals surface area contributed by atoms with Gasteiger partial charge in [-0.15, -0.1) is 11.3 Å². The Morgan fingerprint density at radius 2 is 2.27 bits per heavy atom. The van der Waals surface area contributed by atoms with E-state index in [4.69, 9.17) is 17.0 Å². The third kappa shape index (κ3) is 2.34. The number of hydrogen-bond donors (Lipinski definition) is 1. The third-order valence-electron chi connectivity index (χ3n) is 2.88. The Kier molecular flexibility index (Phi) is 3.32. The number of nitrogens with one attached hydrogen (secondary N) is 1. The maximum Gasteiger partial charge on any atom is 0.0962 e. The van der Waals surface area contributed by atoms with E-state index in [0.29, 0.717) is 6.04 Å². The van der Waals surface area contributed by atoms with E-state index in [0.717, 1.165) is 29.6 Å². The van der Waals surface area contributed by atoms with Gasteiger partial charge in [0.1, 0.15) is 0 Å². The number of amidine groups is 1. The predicted molar refractivity (Wildman–Crippen MR) is 66.0 cm³/mol. The normalized spacial score (nSPS) is 19.3. The Hall–Kier alpha value is -0.540. The van der Waals surface area contributed by atoms with Crippen LogP contribution in [0.25, 0.3) is 0 Å². The van der Waals surface area contributed by atoms with E-state index in [9.17, 15) is 0 Å². The SMILES string of the molecule is CC(c1ccc(Cl)s1)N1CCCCC1=N. The van der Waals surface area contributed by atoms with Crippen LogP contribution in [-0.4, -0.2) is 17.3 Å². The second-order valence-electron chi connectivity index (χ2n) is 3.92. The van der Waals surface area contributed by atoms with E-state index in [-0.39, 0.29) is 0 Å². The Morgan fingerprint density at radius 1 is 1.47 bits per heavy atom. The zero-order chi connectivity index (χ0) is 10.8. The summed E-state index contributed by atoms with van der Waals surface area (Å²) in [5, 5.41) is 7.93. The molecular weight excluding hydrogens is 228 g/mol. The summed E-state index contributed by atoms with van der Waals surface area (Å²) in [6, 6.07) is 4.31. The maximum absolute atomic E-state index is 7.93. The average molecular weight is 243 g/mol. The topological polar surface area (TPSA) is 27.1 Å². The first-order valence-corrected chi connectivity index (χ1v) is 6.47. The van der Waals surface area contributed by atoms with Gasteiger partial charge in [0, 0.05) is 17.8 Å². The molecule has 0 radical (unpaired) electrons. The first kappa shape index (κ1) is 11.0. The molecule has 0 aliphatic carbocycles. The van der Waals surface area contributed by atoms with Crippen LogP contribution in [0.15, 0.2) is 12.1 Å². The minimum atomic E-state index is 0.301. The number of rotatable bonds is 2. The molecule has 15 heavy (non-hydrogen) atoms. The molecule has 1 N–H and O–H groups in total. The van der Waals surface area contributed by atoms with Crippen LogP contribution < -0.4 is 0 Å². The van der Waals surface area contributed by atoms with Gasteiger partial charge in [-0.25, -0.2) is 0 Å². The van der Waals surface area contributed by atoms with Crippen molar-refractivity contribution in [3.63, 3.8) is 0 Å². The second-order valence-corrected chi connectivity index (χ2v) is 5.66. The van der Waals surface area contributed by atoms with Gasteiger partial charge < -0.3 is 4.90 Å². The van der Waals surface area contributed by atoms with E-state index < -0.39 is 0 Å². The number of hydrogen-bond acceptors (Lipinski definition) is 2. The fourth-order valence-electron chi connectivity index (χ4n) is 1.99. The van der Waals surface area contributed by atoms with E-state index in [2.05, 4.69) is 17.9 Å². The number of likely N-dealkylation sites (tertiary alicyclic amines) is 1. The van der Waals surface area contributed by atoms with Crippen LogP contribution in [0.3, 0.4) is 0 Å². The minimum Gasteiger partial charge on any atom is -0.353 e. The zero-order valence-corrected chi connectivity index (χ0v) is 10.4. The van der Waals surface area contributed by atoms with Gasteiger partial charge in [-0.2, -0.15) is 0 Å². The molecule has 2 heterocycles. The quantitative estimate of drug-likeness (QED) is 0.836. The minimum absolute atomic E-state index is 0.301. The largest absolute Gasteiger partial charge is 0.353 e. The van der Waals surface area contributed by atoms with E-state index in [1.54, 1.807) is 11.3 Å². The van der Waals surface area contributed by atoms with E-state index >= 15 is 0 Å². The van der Waals surface area contributed by atoms with Crippen molar-refractivity contribution in [2.75, 3.05) is 6.54 Å². The Bertz CT molecular complexity index is 361. The van der Waals surface area contributed by atoms with Gasteiger partial charge >= 0.3 is 0 Å². The van der Waals surface area contributed by atoms with Crippen LogP contribution >= 0.6 is 22.9 Å². The highest BCUT2D eigenvalue weighted by molar-refractivity contribution is 7.16. The first-order chi connectivity index (χ1) is 7.18. The van der Waals surface area contributed by atoms with Gasteiger partial charge in [0.2, 0.25) is 0 Å². The molecule has 0 saturated carbocycles. The lowest BCUT2D eigenvalue weighted by Crippen LogP contribution is -2.36. The van der Waals surface area contributed by atoms with Crippen molar-refractivity contribution >= 4 is 28.8 Å². The van der Waals surface area contributed by atoms with Crippen LogP contribution in [0.2, 0.25) is 4.34 Å². The standard InChI is InChI=1S/C11H15ClN2S/c1-8(9-5-6-10(12)15-9)14-7-3-2-4-11(14)13/h5-6,8,13H,2-4,7H2,1H3. The van der Waals surface area contributed by atoms with Gasteiger partial charge in [0.15, 0.2) is 0 Å². The van der Waals surface area contributed by atoms with Crippen LogP contribution in [0, 0.1) is 5.41 Å². The molecule has 0 bridgehead atoms. The summed E-state index contributed by atoms with van der Waals surface area (Å²) in [7, 11) is 0. The molecule has 0 spiro atoms. The van der Waals surface area contributed by atoms with Gasteiger partial charge in [-0.05, 0) is 31.9 Å². The van der Waals surface area contributed by atoms with E-state index in [1.165, 1.54) is 11.3 Å². The molecule has 1 aliphatic rings. The highest BCUT2D eigenvalue weighted by atomic mass is 35.5. The summed E-state index contributed by atoms with van der Waals surface area (Å²) in [4.78, 5) is 3.44. The number of thiophene rings is 1. The zero-order valence-electron chi connectivity index (χ0n) is 8.79. The maximum atomic E-state index is 7.93. The molecule has 82 valence electrons. The highest BCUT2D eigenvalue weighted by Crippen LogP contribution is 2.32. The first-order valence-electron chi connectivity index (χ1n) is 5.28. The fourth-order valence-corrected chi connectivity index (χ4v) is 3.11. The van der Waals surface area contributed by atoms with Crippen molar-refractivity contribution in [2.24, 2.45) is 0 Å². The lowest BCUT2D eigenvalue weighted by molar-refractivity contribution is 0.303. The second kappa shape index (κ2) is 4.54. The van der Waals surface area contributed by atoms with Crippen molar-refractivity contribution in [1.82, 2.24) is 4.90 Å². The lowest BCUT2D eigenvalue weighted by atomic mass is 10.1. The van der Waals surface area contributed by atoms with Crippen molar-refractivity contribution in [3.05, 3.63) is 21.3 Å². The van der Waals surface area contributed by atoms with Gasteiger partial charge in [-0.1, -0.05) is 11.6 Å². The van der Waals surface area contributed by atoms with Gasteiger partial charge in [-0.3, -0.25) is 5.41 Å². The van der Waals surface area contributed by atoms with Gasteiger partial charge in [0.05, 0.1) is 16.2 Å². The van der Waals surface area contributed by atoms with Crippen LogP contribution in [0.1, 0.15) is 37.1 Å². The molecule has 1 aromatic rings. The van der Waals surface area contributed by atoms with Gasteiger partial charge in [0.25, 0.3) is 0 Å². The summed E-state index contributed by atoms with van der Waals surface area (Å²) >= 11 is 7.54. The lowest BCUT2D eigenvalue weighted by Gasteiger charge is -2.34. The number of nitrogens with zero attached hydrogens (tertiary/aromatic N) is 1. The molecule has 1 saturated heterocycles. The van der Waals surface area contributed by atoms with Crippen molar-refractivity contribution < 1.29 is 0 Å². The molecule has 1 unspecified atom stereocenters. The summed E-state index contributed by atoms with van der Waals surface area (Å²) < 4.78 is 0.834. The molecule has 2 rings (SSSR count). The van der Waals surface area contributed by atoms with Crippen molar-refractivity contribution in [3.8, 4) is 0 Å². The molecular formula is C11H15ClN2S. The third-order valence-corrected chi connectivity index (χ3v) is 4.28. The molecule has 0 aromatic carbocycles. The predicted octanol–water partition coefficient (Wildman–Crippen LogP) is 3.93. The molecule has 1 aromatic heterocycles. The van der Waals surface area contributed by atoms with E-state index in [1.807, 2.05) is 6.07 Å². The average Bonchev–Trinajstić information content (AvgIpc) is 2.65. The molecule has 4 heteroatoms. The highest BCUT2D eigenvalue weighted by Gasteiger charge is 2.22.